The normalized spacial score (nSPS) is 21.2. The summed E-state index contributed by atoms with van der Waals surface area (Å²) < 4.78 is 12.7. The second-order valence-corrected chi connectivity index (χ2v) is 9.31. The Hall–Kier alpha value is -2.87. The van der Waals surface area contributed by atoms with Crippen molar-refractivity contribution in [2.45, 2.75) is 51.6 Å². The van der Waals surface area contributed by atoms with Crippen LogP contribution >= 0.6 is 0 Å². The van der Waals surface area contributed by atoms with Gasteiger partial charge in [-0.3, -0.25) is 19.3 Å². The summed E-state index contributed by atoms with van der Waals surface area (Å²) >= 11 is 0. The summed E-state index contributed by atoms with van der Waals surface area (Å²) in [7, 11) is 1.31. The molecule has 3 atom stereocenters. The Bertz CT molecular complexity index is 1120. The molecule has 2 aliphatic rings. The van der Waals surface area contributed by atoms with E-state index in [9.17, 15) is 19.5 Å². The molecule has 32 heavy (non-hydrogen) atoms. The molecule has 4 rings (SSSR count). The number of carbonyl (C=O) groups excluding carboxylic acids is 1. The Morgan fingerprint density at radius 2 is 2.03 bits per heavy atom. The largest absolute Gasteiger partial charge is 0.502 e. The summed E-state index contributed by atoms with van der Waals surface area (Å²) in [6.07, 6.45) is 1.06. The van der Waals surface area contributed by atoms with Gasteiger partial charge in [-0.15, -0.1) is 0 Å². The summed E-state index contributed by atoms with van der Waals surface area (Å²) in [4.78, 5) is 38.9. The number of hydrogen-bond donors (Lipinski definition) is 1. The molecule has 1 N–H and O–H groups in total. The van der Waals surface area contributed by atoms with Crippen molar-refractivity contribution in [1.29, 1.82) is 0 Å². The average Bonchev–Trinajstić information content (AvgIpc) is 2.75. The van der Waals surface area contributed by atoms with Crippen molar-refractivity contribution in [1.82, 2.24) is 9.47 Å². The summed E-state index contributed by atoms with van der Waals surface area (Å²) in [5.74, 6) is -0.160. The number of likely N-dealkylation sites (tertiary alicyclic amines) is 1. The molecule has 1 saturated heterocycles. The van der Waals surface area contributed by atoms with Gasteiger partial charge in [0.15, 0.2) is 5.76 Å². The van der Waals surface area contributed by atoms with Crippen LogP contribution < -0.4 is 11.0 Å². The summed E-state index contributed by atoms with van der Waals surface area (Å²) in [6.45, 7) is 6.50. The number of fused-ring (bicyclic) bond motifs is 4. The maximum atomic E-state index is 12.5. The molecule has 0 spiro atoms. The number of aromatic nitrogens is 1. The Morgan fingerprint density at radius 3 is 2.75 bits per heavy atom. The molecular formula is C24H30N2O6. The van der Waals surface area contributed by atoms with E-state index in [4.69, 9.17) is 9.15 Å². The third kappa shape index (κ3) is 4.37. The van der Waals surface area contributed by atoms with Crippen molar-refractivity contribution in [2.24, 2.45) is 11.8 Å². The van der Waals surface area contributed by atoms with Crippen LogP contribution in [0.15, 0.2) is 38.3 Å². The minimum atomic E-state index is -0.508. The molecule has 8 heteroatoms. The van der Waals surface area contributed by atoms with Crippen LogP contribution in [0.3, 0.4) is 0 Å². The topological polar surface area (TPSA) is 102 Å². The van der Waals surface area contributed by atoms with Gasteiger partial charge in [0.25, 0.3) is 5.56 Å². The van der Waals surface area contributed by atoms with Crippen LogP contribution in [0.5, 0.6) is 5.75 Å². The predicted octanol–water partition coefficient (Wildman–Crippen LogP) is 2.43. The van der Waals surface area contributed by atoms with E-state index in [1.807, 2.05) is 30.5 Å². The molecule has 172 valence electrons. The number of ether oxygens (including phenoxy) is 1. The third-order valence-corrected chi connectivity index (χ3v) is 6.69. The van der Waals surface area contributed by atoms with Crippen LogP contribution in [0.2, 0.25) is 0 Å². The molecule has 4 heterocycles. The number of pyridine rings is 1. The highest BCUT2D eigenvalue weighted by Gasteiger charge is 2.35. The molecular weight excluding hydrogens is 412 g/mol. The maximum absolute atomic E-state index is 12.5. The van der Waals surface area contributed by atoms with Gasteiger partial charge in [0.2, 0.25) is 11.2 Å². The lowest BCUT2D eigenvalue weighted by molar-refractivity contribution is -0.141. The molecule has 1 fully saturated rings. The van der Waals surface area contributed by atoms with Crippen LogP contribution in [0.1, 0.15) is 55.7 Å². The zero-order chi connectivity index (χ0) is 23.0. The first-order chi connectivity index (χ1) is 15.3. The van der Waals surface area contributed by atoms with Gasteiger partial charge in [-0.25, -0.2) is 0 Å². The Balaban J connectivity index is 1.58. The van der Waals surface area contributed by atoms with E-state index >= 15 is 0 Å². The Kier molecular flexibility index (Phi) is 6.24. The molecule has 0 saturated carbocycles. The van der Waals surface area contributed by atoms with Crippen LogP contribution in [0.4, 0.5) is 0 Å². The summed E-state index contributed by atoms with van der Waals surface area (Å²) in [5, 5.41) is 10.4. The number of esters is 1. The molecule has 0 unspecified atom stereocenters. The molecule has 0 aromatic carbocycles. The van der Waals surface area contributed by atoms with Crippen molar-refractivity contribution in [3.8, 4) is 5.75 Å². The zero-order valence-corrected chi connectivity index (χ0v) is 18.7. The first-order valence-corrected chi connectivity index (χ1v) is 11.1. The summed E-state index contributed by atoms with van der Waals surface area (Å²) in [6, 6.07) is 6.77. The van der Waals surface area contributed by atoms with E-state index in [-0.39, 0.29) is 29.6 Å². The average molecular weight is 443 g/mol. The molecule has 2 bridgehead atoms. The van der Waals surface area contributed by atoms with Gasteiger partial charge in [0, 0.05) is 49.3 Å². The number of nitrogens with zero attached hydrogens (tertiary/aromatic N) is 2. The second kappa shape index (κ2) is 8.94. The van der Waals surface area contributed by atoms with Crippen molar-refractivity contribution in [3.63, 3.8) is 0 Å². The van der Waals surface area contributed by atoms with E-state index in [0.717, 1.165) is 25.2 Å². The van der Waals surface area contributed by atoms with Crippen molar-refractivity contribution < 1.29 is 19.1 Å². The Morgan fingerprint density at radius 1 is 1.25 bits per heavy atom. The van der Waals surface area contributed by atoms with Gasteiger partial charge in [0.1, 0.15) is 5.76 Å². The van der Waals surface area contributed by atoms with E-state index in [0.29, 0.717) is 24.8 Å². The standard InChI is InChI=1S/C24H30N2O6/c1-14(2)18(9-22(29)31-3)24-23(30)20(27)8-17(32-24)13-25-10-15-7-16(12-25)19-5-4-6-21(28)26(19)11-15/h4-6,8,14-16,18,30H,7,9-13H2,1-3H3/t15-,16+,18+/m1/s1. The van der Waals surface area contributed by atoms with E-state index in [1.165, 1.54) is 13.2 Å². The summed E-state index contributed by atoms with van der Waals surface area (Å²) in [5.41, 5.74) is 0.597. The lowest BCUT2D eigenvalue weighted by Gasteiger charge is -2.42. The number of carbonyl (C=O) groups is 1. The van der Waals surface area contributed by atoms with Crippen LogP contribution in [0, 0.1) is 11.8 Å². The van der Waals surface area contributed by atoms with Gasteiger partial charge >= 0.3 is 5.97 Å². The predicted molar refractivity (Wildman–Crippen MR) is 118 cm³/mol. The molecule has 0 radical (unpaired) electrons. The fourth-order valence-corrected chi connectivity index (χ4v) is 5.12. The Labute approximate surface area is 186 Å². The van der Waals surface area contributed by atoms with Gasteiger partial charge in [-0.1, -0.05) is 19.9 Å². The van der Waals surface area contributed by atoms with E-state index in [1.54, 1.807) is 6.07 Å². The number of aromatic hydroxyl groups is 1. The fraction of sp³-hybridized carbons (Fsp3) is 0.542. The lowest BCUT2D eigenvalue weighted by atomic mass is 9.83. The first-order valence-electron chi connectivity index (χ1n) is 11.1. The lowest BCUT2D eigenvalue weighted by Crippen LogP contribution is -2.46. The minimum absolute atomic E-state index is 0.0213. The molecule has 0 aliphatic carbocycles. The molecule has 2 aliphatic heterocycles. The van der Waals surface area contributed by atoms with E-state index in [2.05, 4.69) is 4.90 Å². The first kappa shape index (κ1) is 22.3. The van der Waals surface area contributed by atoms with Crippen LogP contribution in [-0.2, 0) is 22.6 Å². The highest BCUT2D eigenvalue weighted by molar-refractivity contribution is 5.70. The molecule has 2 aromatic heterocycles. The van der Waals surface area contributed by atoms with E-state index < -0.39 is 23.1 Å². The van der Waals surface area contributed by atoms with Gasteiger partial charge < -0.3 is 18.8 Å². The van der Waals surface area contributed by atoms with Gasteiger partial charge in [-0.05, 0) is 24.3 Å². The van der Waals surface area contributed by atoms with Crippen LogP contribution in [0.25, 0.3) is 0 Å². The van der Waals surface area contributed by atoms with Crippen molar-refractivity contribution in [2.75, 3.05) is 20.2 Å². The highest BCUT2D eigenvalue weighted by Crippen LogP contribution is 2.37. The number of methoxy groups -OCH3 is 1. The quantitative estimate of drug-likeness (QED) is 0.686. The van der Waals surface area contributed by atoms with Gasteiger partial charge in [-0.2, -0.15) is 0 Å². The minimum Gasteiger partial charge on any atom is -0.502 e. The number of hydrogen-bond acceptors (Lipinski definition) is 7. The molecule has 8 nitrogen and oxygen atoms in total. The zero-order valence-electron chi connectivity index (χ0n) is 18.7. The number of piperidine rings is 1. The molecule has 2 aromatic rings. The van der Waals surface area contributed by atoms with Crippen LogP contribution in [-0.4, -0.2) is 40.7 Å². The molecule has 0 amide bonds. The van der Waals surface area contributed by atoms with Crippen molar-refractivity contribution in [3.05, 3.63) is 62.1 Å². The van der Waals surface area contributed by atoms with Crippen molar-refractivity contribution >= 4 is 5.97 Å². The smallest absolute Gasteiger partial charge is 0.306 e. The highest BCUT2D eigenvalue weighted by atomic mass is 16.5. The monoisotopic (exact) mass is 442 g/mol. The fourth-order valence-electron chi connectivity index (χ4n) is 5.12. The third-order valence-electron chi connectivity index (χ3n) is 6.69. The second-order valence-electron chi connectivity index (χ2n) is 9.31. The van der Waals surface area contributed by atoms with Gasteiger partial charge in [0.05, 0.1) is 20.1 Å². The maximum Gasteiger partial charge on any atom is 0.306 e. The SMILES string of the molecule is COC(=O)C[C@H](c1oc(CN2C[C@H]3C[C@@H](C2)c2cccc(=O)n2C3)cc(=O)c1O)C(C)C. The number of rotatable bonds is 6.